The van der Waals surface area contributed by atoms with E-state index in [-0.39, 0.29) is 5.91 Å². The van der Waals surface area contributed by atoms with E-state index in [2.05, 4.69) is 5.16 Å². The molecule has 2 aromatic rings. The fraction of sp³-hybridized carbons (Fsp3) is 0.200. The van der Waals surface area contributed by atoms with Crippen LogP contribution in [0.25, 0.3) is 11.0 Å². The van der Waals surface area contributed by atoms with Gasteiger partial charge in [0.25, 0.3) is 5.91 Å². The van der Waals surface area contributed by atoms with Crippen molar-refractivity contribution in [3.8, 4) is 0 Å². The van der Waals surface area contributed by atoms with Crippen LogP contribution in [0.15, 0.2) is 28.9 Å². The summed E-state index contributed by atoms with van der Waals surface area (Å²) in [5.74, 6) is -0.0386. The summed E-state index contributed by atoms with van der Waals surface area (Å²) in [4.78, 5) is 13.1. The van der Waals surface area contributed by atoms with E-state index in [0.717, 1.165) is 5.39 Å². The summed E-state index contributed by atoms with van der Waals surface area (Å²) in [5.41, 5.74) is 1.25. The van der Waals surface area contributed by atoms with Crippen molar-refractivity contribution in [2.45, 2.75) is 0 Å². The number of hydrogen-bond acceptors (Lipinski definition) is 3. The minimum absolute atomic E-state index is 0.0386. The van der Waals surface area contributed by atoms with Crippen molar-refractivity contribution < 1.29 is 9.32 Å². The fourth-order valence-electron chi connectivity index (χ4n) is 1.25. The highest BCUT2D eigenvalue weighted by atomic mass is 16.5. The third-order valence-electron chi connectivity index (χ3n) is 2.01. The van der Waals surface area contributed by atoms with Crippen LogP contribution in [0.2, 0.25) is 0 Å². The number of carbonyl (C=O) groups is 1. The number of carbonyl (C=O) groups excluding carboxylic acids is 1. The molecule has 0 N–H and O–H groups in total. The van der Waals surface area contributed by atoms with E-state index in [1.807, 2.05) is 6.07 Å². The first-order chi connectivity index (χ1) is 6.68. The molecule has 0 radical (unpaired) electrons. The first-order valence-electron chi connectivity index (χ1n) is 4.24. The molecular weight excluding hydrogens is 180 g/mol. The highest BCUT2D eigenvalue weighted by Gasteiger charge is 2.09. The molecule has 0 fully saturated rings. The van der Waals surface area contributed by atoms with Crippen LogP contribution in [0.1, 0.15) is 10.4 Å². The Balaban J connectivity index is 2.48. The Morgan fingerprint density at radius 2 is 2.21 bits per heavy atom. The van der Waals surface area contributed by atoms with Crippen molar-refractivity contribution in [2.24, 2.45) is 0 Å². The molecule has 0 aliphatic carbocycles. The molecule has 0 unspecified atom stereocenters. The van der Waals surface area contributed by atoms with Crippen LogP contribution in [0.4, 0.5) is 0 Å². The Labute approximate surface area is 81.1 Å². The lowest BCUT2D eigenvalue weighted by Gasteiger charge is -2.09. The summed E-state index contributed by atoms with van der Waals surface area (Å²) in [6.45, 7) is 0. The van der Waals surface area contributed by atoms with Crippen molar-refractivity contribution >= 4 is 16.9 Å². The first kappa shape index (κ1) is 8.74. The van der Waals surface area contributed by atoms with Crippen LogP contribution in [-0.2, 0) is 0 Å². The van der Waals surface area contributed by atoms with Crippen LogP contribution in [0.5, 0.6) is 0 Å². The quantitative estimate of drug-likeness (QED) is 0.685. The average molecular weight is 190 g/mol. The zero-order chi connectivity index (χ0) is 10.1. The Hall–Kier alpha value is -1.84. The maximum absolute atomic E-state index is 11.6. The van der Waals surface area contributed by atoms with Crippen LogP contribution >= 0.6 is 0 Å². The smallest absolute Gasteiger partial charge is 0.253 e. The van der Waals surface area contributed by atoms with E-state index >= 15 is 0 Å². The lowest BCUT2D eigenvalue weighted by molar-refractivity contribution is 0.0827. The molecule has 0 saturated carbocycles. The van der Waals surface area contributed by atoms with Crippen LogP contribution in [-0.4, -0.2) is 30.1 Å². The second-order valence-corrected chi connectivity index (χ2v) is 3.28. The normalized spacial score (nSPS) is 10.4. The van der Waals surface area contributed by atoms with Gasteiger partial charge < -0.3 is 9.42 Å². The molecule has 4 nitrogen and oxygen atoms in total. The van der Waals surface area contributed by atoms with Crippen molar-refractivity contribution in [3.63, 3.8) is 0 Å². The van der Waals surface area contributed by atoms with Crippen molar-refractivity contribution in [2.75, 3.05) is 14.1 Å². The number of amides is 1. The molecule has 0 atom stereocenters. The van der Waals surface area contributed by atoms with Crippen molar-refractivity contribution in [1.82, 2.24) is 10.1 Å². The monoisotopic (exact) mass is 190 g/mol. The van der Waals surface area contributed by atoms with Crippen LogP contribution in [0, 0.1) is 0 Å². The lowest BCUT2D eigenvalue weighted by atomic mass is 10.1. The second kappa shape index (κ2) is 3.14. The van der Waals surface area contributed by atoms with Gasteiger partial charge in [-0.15, -0.1) is 0 Å². The molecule has 1 amide bonds. The maximum atomic E-state index is 11.6. The van der Waals surface area contributed by atoms with Crippen molar-refractivity contribution in [1.29, 1.82) is 0 Å². The molecule has 1 aromatic carbocycles. The molecule has 2 rings (SSSR count). The van der Waals surface area contributed by atoms with Gasteiger partial charge in [-0.05, 0) is 18.2 Å². The highest BCUT2D eigenvalue weighted by molar-refractivity contribution is 5.97. The van der Waals surface area contributed by atoms with Gasteiger partial charge in [0.1, 0.15) is 0 Å². The van der Waals surface area contributed by atoms with Gasteiger partial charge in [0.15, 0.2) is 5.58 Å². The second-order valence-electron chi connectivity index (χ2n) is 3.28. The maximum Gasteiger partial charge on any atom is 0.253 e. The van der Waals surface area contributed by atoms with E-state index < -0.39 is 0 Å². The standard InChI is InChI=1S/C10H10N2O2/c1-12(2)10(13)7-3-4-8-6-11-14-9(8)5-7/h3-6H,1-2H3. The number of hydrogen-bond donors (Lipinski definition) is 0. The molecule has 0 spiro atoms. The predicted molar refractivity (Wildman–Crippen MR) is 52.0 cm³/mol. The molecule has 0 aliphatic heterocycles. The van der Waals surface area contributed by atoms with E-state index in [4.69, 9.17) is 4.52 Å². The Morgan fingerprint density at radius 3 is 2.93 bits per heavy atom. The molecule has 1 aromatic heterocycles. The molecule has 0 bridgehead atoms. The first-order valence-corrected chi connectivity index (χ1v) is 4.24. The minimum Gasteiger partial charge on any atom is -0.356 e. The van der Waals surface area contributed by atoms with Gasteiger partial charge in [0.2, 0.25) is 0 Å². The molecule has 14 heavy (non-hydrogen) atoms. The van der Waals surface area contributed by atoms with Gasteiger partial charge in [-0.3, -0.25) is 4.79 Å². The van der Waals surface area contributed by atoms with Gasteiger partial charge in [-0.25, -0.2) is 0 Å². The number of benzene rings is 1. The molecule has 72 valence electrons. The summed E-state index contributed by atoms with van der Waals surface area (Å²) < 4.78 is 4.97. The molecular formula is C10H10N2O2. The summed E-state index contributed by atoms with van der Waals surface area (Å²) >= 11 is 0. The number of rotatable bonds is 1. The number of nitrogens with zero attached hydrogens (tertiary/aromatic N) is 2. The molecule has 0 saturated heterocycles. The number of fused-ring (bicyclic) bond motifs is 1. The highest BCUT2D eigenvalue weighted by Crippen LogP contribution is 2.15. The summed E-state index contributed by atoms with van der Waals surface area (Å²) in [6.07, 6.45) is 1.62. The molecule has 1 heterocycles. The SMILES string of the molecule is CN(C)C(=O)c1ccc2cnoc2c1. The Bertz CT molecular complexity index is 474. The van der Waals surface area contributed by atoms with Crippen molar-refractivity contribution in [3.05, 3.63) is 30.0 Å². The summed E-state index contributed by atoms with van der Waals surface area (Å²) in [7, 11) is 3.43. The molecule has 0 aliphatic rings. The van der Waals surface area contributed by atoms with Crippen LogP contribution < -0.4 is 0 Å². The Morgan fingerprint density at radius 1 is 1.43 bits per heavy atom. The van der Waals surface area contributed by atoms with E-state index in [1.54, 1.807) is 32.4 Å². The number of aromatic nitrogens is 1. The van der Waals surface area contributed by atoms with E-state index in [9.17, 15) is 4.79 Å². The van der Waals surface area contributed by atoms with Gasteiger partial charge >= 0.3 is 0 Å². The third kappa shape index (κ3) is 1.35. The average Bonchev–Trinajstić information content (AvgIpc) is 2.62. The minimum atomic E-state index is -0.0386. The lowest BCUT2D eigenvalue weighted by Crippen LogP contribution is -2.21. The fourth-order valence-corrected chi connectivity index (χ4v) is 1.25. The zero-order valence-corrected chi connectivity index (χ0v) is 8.02. The van der Waals surface area contributed by atoms with Gasteiger partial charge in [-0.2, -0.15) is 0 Å². The van der Waals surface area contributed by atoms with Crippen LogP contribution in [0.3, 0.4) is 0 Å². The summed E-state index contributed by atoms with van der Waals surface area (Å²) in [6, 6.07) is 5.29. The van der Waals surface area contributed by atoms with Gasteiger partial charge in [0, 0.05) is 25.0 Å². The zero-order valence-electron chi connectivity index (χ0n) is 8.02. The third-order valence-corrected chi connectivity index (χ3v) is 2.01. The summed E-state index contributed by atoms with van der Waals surface area (Å²) in [5, 5.41) is 4.55. The largest absolute Gasteiger partial charge is 0.356 e. The van der Waals surface area contributed by atoms with E-state index in [0.29, 0.717) is 11.1 Å². The topological polar surface area (TPSA) is 46.3 Å². The Kier molecular flexibility index (Phi) is 1.96. The van der Waals surface area contributed by atoms with Gasteiger partial charge in [0.05, 0.1) is 6.20 Å². The van der Waals surface area contributed by atoms with E-state index in [1.165, 1.54) is 4.90 Å². The van der Waals surface area contributed by atoms with Gasteiger partial charge in [-0.1, -0.05) is 5.16 Å². The predicted octanol–water partition coefficient (Wildman–Crippen LogP) is 1.53. The molecule has 4 heteroatoms.